The molecule has 1 aromatic heterocycles. The van der Waals surface area contributed by atoms with E-state index in [0.29, 0.717) is 35.8 Å². The number of hydrogen-bond donors (Lipinski definition) is 3. The molecule has 2 saturated carbocycles. The van der Waals surface area contributed by atoms with Gasteiger partial charge in [0.05, 0.1) is 19.9 Å². The van der Waals surface area contributed by atoms with Crippen LogP contribution in [0.25, 0.3) is 10.8 Å². The lowest BCUT2D eigenvalue weighted by Gasteiger charge is -2.39. The minimum absolute atomic E-state index is 0.0441. The number of aromatic nitrogens is 1. The monoisotopic (exact) mass is 815 g/mol. The van der Waals surface area contributed by atoms with Crippen LogP contribution in [-0.4, -0.2) is 120 Å². The van der Waals surface area contributed by atoms with Crippen molar-refractivity contribution in [2.24, 2.45) is 17.8 Å². The minimum Gasteiger partial charge on any atom is -0.494 e. The highest BCUT2D eigenvalue weighted by molar-refractivity contribution is 7.91. The third kappa shape index (κ3) is 7.64. The Kier molecular flexibility index (Phi) is 11.6. The number of carbonyl (C=O) groups excluding carboxylic acids is 3. The van der Waals surface area contributed by atoms with Gasteiger partial charge in [-0.15, -0.1) is 0 Å². The maximum atomic E-state index is 15.2. The molecule has 3 fully saturated rings. The maximum absolute atomic E-state index is 15.2. The van der Waals surface area contributed by atoms with Crippen molar-refractivity contribution < 1.29 is 51.3 Å². The van der Waals surface area contributed by atoms with Gasteiger partial charge in [-0.2, -0.15) is 0 Å². The first-order chi connectivity index (χ1) is 26.9. The average Bonchev–Trinajstić information content (AvgIpc) is 4.07. The van der Waals surface area contributed by atoms with Crippen molar-refractivity contribution in [1.82, 2.24) is 24.8 Å². The van der Waals surface area contributed by atoms with Gasteiger partial charge in [0.1, 0.15) is 40.9 Å². The Bertz CT molecular complexity index is 2040. The van der Waals surface area contributed by atoms with Crippen LogP contribution in [-0.2, 0) is 29.1 Å². The highest BCUT2D eigenvalue weighted by Crippen LogP contribution is 2.48. The number of halogens is 1. The number of methoxy groups -OCH3 is 2. The van der Waals surface area contributed by atoms with Crippen LogP contribution in [0.15, 0.2) is 42.6 Å². The molecule has 6 rings (SSSR count). The van der Waals surface area contributed by atoms with Gasteiger partial charge < -0.3 is 29.5 Å². The zero-order valence-corrected chi connectivity index (χ0v) is 34.3. The number of ether oxygens (including phenoxy) is 3. The molecule has 4 aliphatic rings. The van der Waals surface area contributed by atoms with Gasteiger partial charge in [-0.25, -0.2) is 22.6 Å². The number of nitrogens with zero attached hydrogens (tertiary/aromatic N) is 3. The molecule has 2 aromatic rings. The summed E-state index contributed by atoms with van der Waals surface area (Å²) in [5.74, 6) is -2.92. The van der Waals surface area contributed by atoms with Crippen LogP contribution in [0.5, 0.6) is 11.6 Å². The van der Waals surface area contributed by atoms with Crippen molar-refractivity contribution in [2.45, 2.75) is 113 Å². The lowest BCUT2D eigenvalue weighted by Crippen LogP contribution is -2.62. The zero-order chi connectivity index (χ0) is 41.7. The topological polar surface area (TPSA) is 194 Å². The van der Waals surface area contributed by atoms with Crippen LogP contribution in [0.1, 0.15) is 73.1 Å². The summed E-state index contributed by atoms with van der Waals surface area (Å²) in [6.45, 7) is 7.44. The fraction of sp³-hybridized carbons (Fsp3) is 0.625. The van der Waals surface area contributed by atoms with Crippen molar-refractivity contribution in [2.75, 3.05) is 27.4 Å². The number of amides is 4. The first-order valence-electron chi connectivity index (χ1n) is 19.5. The standard InChI is InChI=1S/C40H54FN5O10S/c1-23(2)46(37(50)51)30-25(4)18-24(3)12-8-9-13-26-19-40(26,36(49)44-57(52,53)39(21-41)16-17-39)43-33(47)31-32(55-7)38(5,22-45(31)35(30)48)56-34-28-15-11-10-14-27(28)29(54-6)20-42-34/h9-11,13-15,20,23-26,30-32H,8,12,16-19,21-22H2,1-7H3,(H,43,47)(H,44,49)(H,50,51)/b13-9-/t24-,25-,26-,30+,31+,32?,38-,40-/m1/s1. The predicted octanol–water partition coefficient (Wildman–Crippen LogP) is 4.20. The Morgan fingerprint density at radius 3 is 2.44 bits per heavy atom. The quantitative estimate of drug-likeness (QED) is 0.291. The molecule has 2 aliphatic carbocycles. The summed E-state index contributed by atoms with van der Waals surface area (Å²) in [5, 5.41) is 14.6. The Morgan fingerprint density at radius 1 is 1.16 bits per heavy atom. The molecule has 312 valence electrons. The molecule has 0 spiro atoms. The van der Waals surface area contributed by atoms with E-state index >= 15 is 4.79 Å². The highest BCUT2D eigenvalue weighted by atomic mass is 32.2. The van der Waals surface area contributed by atoms with Crippen LogP contribution in [0.2, 0.25) is 0 Å². The van der Waals surface area contributed by atoms with Crippen molar-refractivity contribution in [3.8, 4) is 11.6 Å². The van der Waals surface area contributed by atoms with Gasteiger partial charge >= 0.3 is 6.09 Å². The third-order valence-corrected chi connectivity index (χ3v) is 14.3. The number of rotatable bonds is 10. The Balaban J connectivity index is 1.46. The summed E-state index contributed by atoms with van der Waals surface area (Å²) in [6, 6.07) is 3.90. The van der Waals surface area contributed by atoms with E-state index in [1.807, 2.05) is 32.1 Å². The molecular formula is C40H54FN5O10S. The maximum Gasteiger partial charge on any atom is 0.408 e. The number of carboxylic acid groups (broad SMARTS) is 1. The second-order valence-electron chi connectivity index (χ2n) is 16.7. The van der Waals surface area contributed by atoms with E-state index in [0.717, 1.165) is 4.90 Å². The molecule has 1 aromatic carbocycles. The van der Waals surface area contributed by atoms with Crippen molar-refractivity contribution in [1.29, 1.82) is 0 Å². The molecule has 57 heavy (non-hydrogen) atoms. The molecule has 8 atom stereocenters. The number of alkyl halides is 1. The Labute approximate surface area is 332 Å². The van der Waals surface area contributed by atoms with Crippen LogP contribution in [0.4, 0.5) is 9.18 Å². The lowest BCUT2D eigenvalue weighted by atomic mass is 9.86. The van der Waals surface area contributed by atoms with E-state index in [9.17, 15) is 32.3 Å². The van der Waals surface area contributed by atoms with Crippen molar-refractivity contribution >= 4 is 44.6 Å². The van der Waals surface area contributed by atoms with Gasteiger partial charge in [-0.05, 0) is 77.2 Å². The summed E-state index contributed by atoms with van der Waals surface area (Å²) in [4.78, 5) is 64.0. The van der Waals surface area contributed by atoms with Crippen LogP contribution in [0.3, 0.4) is 0 Å². The van der Waals surface area contributed by atoms with Crippen molar-refractivity contribution in [3.05, 3.63) is 42.6 Å². The minimum atomic E-state index is -4.44. The molecule has 15 nitrogen and oxygen atoms in total. The summed E-state index contributed by atoms with van der Waals surface area (Å²) in [6.07, 6.45) is 4.52. The van der Waals surface area contributed by atoms with Gasteiger partial charge in [-0.1, -0.05) is 44.2 Å². The van der Waals surface area contributed by atoms with Gasteiger partial charge in [0, 0.05) is 29.8 Å². The lowest BCUT2D eigenvalue weighted by molar-refractivity contribution is -0.147. The summed E-state index contributed by atoms with van der Waals surface area (Å²) in [5.41, 5.74) is -3.24. The fourth-order valence-electron chi connectivity index (χ4n) is 8.79. The largest absolute Gasteiger partial charge is 0.494 e. The molecule has 3 N–H and O–H groups in total. The fourth-order valence-corrected chi connectivity index (χ4v) is 10.2. The number of nitrogens with one attached hydrogen (secondary N) is 2. The number of sulfonamides is 1. The van der Waals surface area contributed by atoms with Gasteiger partial charge in [0.25, 0.3) is 5.91 Å². The third-order valence-electron chi connectivity index (χ3n) is 12.2. The molecule has 2 aliphatic heterocycles. The van der Waals surface area contributed by atoms with E-state index in [1.54, 1.807) is 39.0 Å². The highest BCUT2D eigenvalue weighted by Gasteiger charge is 2.66. The van der Waals surface area contributed by atoms with E-state index in [-0.39, 0.29) is 37.6 Å². The smallest absolute Gasteiger partial charge is 0.408 e. The van der Waals surface area contributed by atoms with E-state index < -0.39 is 92.5 Å². The first-order valence-corrected chi connectivity index (χ1v) is 20.9. The number of allylic oxidation sites excluding steroid dienone is 1. The van der Waals surface area contributed by atoms with Gasteiger partial charge in [-0.3, -0.25) is 24.0 Å². The predicted molar refractivity (Wildman–Crippen MR) is 208 cm³/mol. The van der Waals surface area contributed by atoms with Crippen LogP contribution >= 0.6 is 0 Å². The molecule has 3 heterocycles. The van der Waals surface area contributed by atoms with Crippen molar-refractivity contribution in [3.63, 3.8) is 0 Å². The molecule has 0 radical (unpaired) electrons. The zero-order valence-electron chi connectivity index (χ0n) is 33.5. The number of pyridine rings is 1. The molecule has 1 saturated heterocycles. The molecule has 0 bridgehead atoms. The Morgan fingerprint density at radius 2 is 1.84 bits per heavy atom. The van der Waals surface area contributed by atoms with Gasteiger partial charge in [0.15, 0.2) is 5.60 Å². The summed E-state index contributed by atoms with van der Waals surface area (Å²) >= 11 is 0. The summed E-state index contributed by atoms with van der Waals surface area (Å²) in [7, 11) is -1.57. The number of hydrogen-bond acceptors (Lipinski definition) is 10. The normalized spacial score (nSPS) is 31.9. The average molecular weight is 816 g/mol. The second-order valence-corrected chi connectivity index (χ2v) is 18.8. The van der Waals surface area contributed by atoms with Gasteiger partial charge in [0.2, 0.25) is 27.7 Å². The van der Waals surface area contributed by atoms with Crippen LogP contribution in [0, 0.1) is 17.8 Å². The second kappa shape index (κ2) is 15.7. The molecule has 17 heteroatoms. The number of benzene rings is 1. The first kappa shape index (κ1) is 42.1. The molecular weight excluding hydrogens is 762 g/mol. The van der Waals surface area contributed by atoms with E-state index in [1.165, 1.54) is 25.3 Å². The molecule has 1 unspecified atom stereocenters. The van der Waals surface area contributed by atoms with E-state index in [2.05, 4.69) is 15.0 Å². The molecule has 4 amide bonds. The Hall–Kier alpha value is -4.51. The summed E-state index contributed by atoms with van der Waals surface area (Å²) < 4.78 is 59.1. The van der Waals surface area contributed by atoms with Crippen LogP contribution < -0.4 is 19.5 Å². The SMILES string of the molecule is COc1cnc(O[C@]2(C)CN3C(=O)[C@@H](N(C(=O)O)C(C)C)[C@H](C)C[C@H](C)CC/C=C\[C@@H]4C[C@@]4(C(=O)NS(=O)(=O)C4(CF)CC4)NC(=O)[C@@H]3C2OC)c2ccccc12. The van der Waals surface area contributed by atoms with E-state index in [4.69, 9.17) is 14.2 Å². The number of fused-ring (bicyclic) bond motifs is 3. The number of carbonyl (C=O) groups is 4.